The highest BCUT2D eigenvalue weighted by atomic mass is 79.9. The van der Waals surface area contributed by atoms with Crippen molar-refractivity contribution in [1.29, 1.82) is 0 Å². The maximum Gasteiger partial charge on any atom is 0.307 e. The third-order valence-corrected chi connectivity index (χ3v) is 8.45. The molecule has 0 fully saturated rings. The van der Waals surface area contributed by atoms with E-state index in [0.717, 1.165) is 31.3 Å². The van der Waals surface area contributed by atoms with Crippen LogP contribution in [0.2, 0.25) is 0 Å². The number of ether oxygens (including phenoxy) is 3. The molecule has 10 heteroatoms. The smallest absolute Gasteiger partial charge is 0.307 e. The lowest BCUT2D eigenvalue weighted by Gasteiger charge is -2.17. The Morgan fingerprint density at radius 3 is 2.38 bits per heavy atom. The molecule has 2 aromatic heterocycles. The number of allylic oxidation sites excluding steroid dienone is 1. The minimum atomic E-state index is -0.481. The van der Waals surface area contributed by atoms with Crippen LogP contribution in [0.4, 0.5) is 0 Å². The average molecular weight is 762 g/mol. The second-order valence-corrected chi connectivity index (χ2v) is 12.4. The van der Waals surface area contributed by atoms with Crippen molar-refractivity contribution in [2.24, 2.45) is 5.10 Å². The SMILES string of the molecule is C=CCc1cc(/C=N/NC(=O)c2ccc(COc3ccc(-n4c(C)ccc4C)cc3)o2)cc(OCC)c1OCc1ccc(Br)cc1Br. The third-order valence-electron chi connectivity index (χ3n) is 7.22. The van der Waals surface area contributed by atoms with Crippen molar-refractivity contribution >= 4 is 44.0 Å². The van der Waals surface area contributed by atoms with Crippen LogP contribution in [-0.2, 0) is 19.6 Å². The summed E-state index contributed by atoms with van der Waals surface area (Å²) >= 11 is 7.08. The number of hydrazone groups is 1. The first-order valence-corrected chi connectivity index (χ1v) is 16.6. The molecule has 0 saturated heterocycles. The van der Waals surface area contributed by atoms with E-state index in [-0.39, 0.29) is 12.4 Å². The molecule has 8 nitrogen and oxygen atoms in total. The molecule has 0 bridgehead atoms. The van der Waals surface area contributed by atoms with Gasteiger partial charge in [0.25, 0.3) is 0 Å². The first-order chi connectivity index (χ1) is 22.7. The summed E-state index contributed by atoms with van der Waals surface area (Å²) in [6, 6.07) is 25.0. The summed E-state index contributed by atoms with van der Waals surface area (Å²) in [7, 11) is 0. The van der Waals surface area contributed by atoms with Crippen LogP contribution in [0.1, 0.15) is 51.3 Å². The van der Waals surface area contributed by atoms with Gasteiger partial charge in [0, 0.05) is 37.1 Å². The normalized spacial score (nSPS) is 11.1. The van der Waals surface area contributed by atoms with Crippen LogP contribution >= 0.6 is 31.9 Å². The van der Waals surface area contributed by atoms with Crippen molar-refractivity contribution in [1.82, 2.24) is 9.99 Å². The minimum absolute atomic E-state index is 0.125. The maximum atomic E-state index is 12.8. The summed E-state index contributed by atoms with van der Waals surface area (Å²) in [5, 5.41) is 4.16. The molecule has 0 atom stereocenters. The summed E-state index contributed by atoms with van der Waals surface area (Å²) in [6.45, 7) is 10.9. The van der Waals surface area contributed by atoms with Gasteiger partial charge in [-0.1, -0.05) is 44.0 Å². The fourth-order valence-corrected chi connectivity index (χ4v) is 6.16. The minimum Gasteiger partial charge on any atom is -0.490 e. The zero-order valence-electron chi connectivity index (χ0n) is 26.4. The van der Waals surface area contributed by atoms with E-state index in [2.05, 4.69) is 79.5 Å². The number of hydrogen-bond donors (Lipinski definition) is 1. The zero-order chi connectivity index (χ0) is 33.3. The first-order valence-electron chi connectivity index (χ1n) is 15.0. The number of rotatable bonds is 14. The van der Waals surface area contributed by atoms with Crippen molar-refractivity contribution in [2.45, 2.75) is 40.4 Å². The Labute approximate surface area is 291 Å². The van der Waals surface area contributed by atoms with Crippen LogP contribution in [0.5, 0.6) is 17.2 Å². The van der Waals surface area contributed by atoms with E-state index < -0.39 is 5.91 Å². The molecule has 242 valence electrons. The summed E-state index contributed by atoms with van der Waals surface area (Å²) < 4.78 is 27.9. The lowest BCUT2D eigenvalue weighted by Crippen LogP contribution is -2.16. The Morgan fingerprint density at radius 1 is 0.915 bits per heavy atom. The number of furan rings is 1. The van der Waals surface area contributed by atoms with E-state index in [1.807, 2.05) is 61.5 Å². The van der Waals surface area contributed by atoms with Gasteiger partial charge in [-0.05, 0) is 106 Å². The fraction of sp³-hybridized carbons (Fsp3) is 0.189. The number of nitrogens with zero attached hydrogens (tertiary/aromatic N) is 2. The molecule has 2 heterocycles. The van der Waals surface area contributed by atoms with Crippen molar-refractivity contribution in [2.75, 3.05) is 6.61 Å². The Bertz CT molecular complexity index is 1870. The average Bonchev–Trinajstić information content (AvgIpc) is 3.67. The number of aromatic nitrogens is 1. The molecule has 0 unspecified atom stereocenters. The van der Waals surface area contributed by atoms with E-state index in [4.69, 9.17) is 18.6 Å². The Hall–Kier alpha value is -4.54. The molecule has 1 amide bonds. The number of benzene rings is 3. The second kappa shape index (κ2) is 15.8. The van der Waals surface area contributed by atoms with Gasteiger partial charge in [0.2, 0.25) is 0 Å². The van der Waals surface area contributed by atoms with Gasteiger partial charge in [0.05, 0.1) is 12.8 Å². The molecular formula is C37H35Br2N3O5. The van der Waals surface area contributed by atoms with Crippen LogP contribution in [0.15, 0.2) is 110 Å². The van der Waals surface area contributed by atoms with Gasteiger partial charge >= 0.3 is 5.91 Å². The number of aryl methyl sites for hydroxylation is 2. The summed E-state index contributed by atoms with van der Waals surface area (Å²) in [6.07, 6.45) is 3.91. The molecule has 47 heavy (non-hydrogen) atoms. The number of carbonyl (C=O) groups is 1. The van der Waals surface area contributed by atoms with Crippen LogP contribution in [0.3, 0.4) is 0 Å². The Balaban J connectivity index is 1.20. The first kappa shape index (κ1) is 33.8. The highest BCUT2D eigenvalue weighted by Crippen LogP contribution is 2.35. The molecule has 0 aliphatic heterocycles. The molecule has 0 spiro atoms. The summed E-state index contributed by atoms with van der Waals surface area (Å²) in [5.41, 5.74) is 8.53. The quantitative estimate of drug-likeness (QED) is 0.0693. The van der Waals surface area contributed by atoms with Crippen molar-refractivity contribution in [3.05, 3.63) is 140 Å². The molecule has 5 rings (SSSR count). The maximum absolute atomic E-state index is 12.8. The van der Waals surface area contributed by atoms with Crippen molar-refractivity contribution < 1.29 is 23.4 Å². The number of nitrogens with one attached hydrogen (secondary N) is 1. The van der Waals surface area contributed by atoms with Crippen LogP contribution in [0.25, 0.3) is 5.69 Å². The topological polar surface area (TPSA) is 87.2 Å². The van der Waals surface area contributed by atoms with E-state index in [0.29, 0.717) is 42.6 Å². The molecule has 0 radical (unpaired) electrons. The van der Waals surface area contributed by atoms with E-state index in [1.54, 1.807) is 24.4 Å². The summed E-state index contributed by atoms with van der Waals surface area (Å²) in [5.74, 6) is 2.07. The lowest BCUT2D eigenvalue weighted by molar-refractivity contribution is 0.0923. The highest BCUT2D eigenvalue weighted by molar-refractivity contribution is 9.11. The standard InChI is InChI=1S/C37H35Br2N3O5/c1-5-7-27-18-26(19-35(44-6-2)36(27)46-22-28-10-11-29(38)20-33(28)39)21-40-41-37(43)34-17-16-32(47-34)23-45-31-14-12-30(13-15-31)42-24(3)8-9-25(42)4/h5,8-21H,1,6-7,22-23H2,2-4H3,(H,41,43)/b40-21+. The second-order valence-electron chi connectivity index (χ2n) is 10.7. The molecule has 0 saturated carbocycles. The number of carbonyl (C=O) groups excluding carboxylic acids is 1. The van der Waals surface area contributed by atoms with Crippen LogP contribution in [-0.4, -0.2) is 23.3 Å². The van der Waals surface area contributed by atoms with E-state index in [1.165, 1.54) is 11.4 Å². The molecule has 3 aromatic carbocycles. The van der Waals surface area contributed by atoms with Gasteiger partial charge in [-0.25, -0.2) is 5.43 Å². The Kier molecular flexibility index (Phi) is 11.4. The van der Waals surface area contributed by atoms with E-state index in [9.17, 15) is 4.79 Å². The molecule has 0 aliphatic rings. The summed E-state index contributed by atoms with van der Waals surface area (Å²) in [4.78, 5) is 12.8. The van der Waals surface area contributed by atoms with Crippen molar-refractivity contribution in [3.63, 3.8) is 0 Å². The van der Waals surface area contributed by atoms with Gasteiger partial charge in [-0.2, -0.15) is 5.10 Å². The lowest BCUT2D eigenvalue weighted by atomic mass is 10.1. The third kappa shape index (κ3) is 8.64. The zero-order valence-corrected chi connectivity index (χ0v) is 29.6. The molecule has 0 aliphatic carbocycles. The fourth-order valence-electron chi connectivity index (χ4n) is 5.00. The van der Waals surface area contributed by atoms with Crippen LogP contribution in [0, 0.1) is 13.8 Å². The van der Waals surface area contributed by atoms with Crippen LogP contribution < -0.4 is 19.6 Å². The molecule has 1 N–H and O–H groups in total. The van der Waals surface area contributed by atoms with Gasteiger partial charge < -0.3 is 23.2 Å². The monoisotopic (exact) mass is 759 g/mol. The van der Waals surface area contributed by atoms with Gasteiger partial charge in [-0.3, -0.25) is 4.79 Å². The molecular weight excluding hydrogens is 726 g/mol. The van der Waals surface area contributed by atoms with Gasteiger partial charge in [0.1, 0.15) is 24.7 Å². The van der Waals surface area contributed by atoms with Gasteiger partial charge in [0.15, 0.2) is 17.3 Å². The predicted octanol–water partition coefficient (Wildman–Crippen LogP) is 9.26. The number of halogens is 2. The largest absolute Gasteiger partial charge is 0.490 e. The predicted molar refractivity (Wildman–Crippen MR) is 191 cm³/mol. The Morgan fingerprint density at radius 2 is 1.68 bits per heavy atom. The molecule has 5 aromatic rings. The van der Waals surface area contributed by atoms with Gasteiger partial charge in [-0.15, -0.1) is 6.58 Å². The van der Waals surface area contributed by atoms with E-state index >= 15 is 0 Å². The number of amides is 1. The highest BCUT2D eigenvalue weighted by Gasteiger charge is 2.15. The van der Waals surface area contributed by atoms with Crippen molar-refractivity contribution in [3.8, 4) is 22.9 Å². The number of hydrogen-bond acceptors (Lipinski definition) is 6.